The zero-order valence-electron chi connectivity index (χ0n) is 6.57. The van der Waals surface area contributed by atoms with Crippen LogP contribution in [-0.4, -0.2) is 26.0 Å². The van der Waals surface area contributed by atoms with E-state index in [2.05, 4.69) is 6.92 Å². The van der Waals surface area contributed by atoms with E-state index in [1.807, 2.05) is 0 Å². The molecule has 0 saturated carbocycles. The van der Waals surface area contributed by atoms with Crippen LogP contribution in [0.5, 0.6) is 0 Å². The molecule has 2 fully saturated rings. The molecule has 3 nitrogen and oxygen atoms in total. The van der Waals surface area contributed by atoms with Crippen LogP contribution in [-0.2, 0) is 0 Å². The predicted octanol–water partition coefficient (Wildman–Crippen LogP) is -4.54. The van der Waals surface area contributed by atoms with E-state index in [1.54, 1.807) is 0 Å². The molecule has 0 aliphatic carbocycles. The van der Waals surface area contributed by atoms with Gasteiger partial charge in [0.15, 0.2) is 0 Å². The molecule has 4 heteroatoms. The Morgan fingerprint density at radius 2 is 1.45 bits per heavy atom. The Balaban J connectivity index is 2.21. The molecule has 2 aliphatic heterocycles. The van der Waals surface area contributed by atoms with Crippen LogP contribution in [0.15, 0.2) is 0 Å². The summed E-state index contributed by atoms with van der Waals surface area (Å²) in [6.07, 6.45) is 0. The van der Waals surface area contributed by atoms with Gasteiger partial charge in [0, 0.05) is 0 Å². The third-order valence-corrected chi connectivity index (χ3v) is 8.23. The Labute approximate surface area is 77.3 Å². The standard InChI is InChI=1S/C7H15IN3/c1-2-3-6(10)7(11)4(8-3)5(2)9/h2-7H,9-11H2,1H3/q-1. The number of fused-ring (bicyclic) bond motifs is 2. The van der Waals surface area contributed by atoms with Crippen LogP contribution in [0.3, 0.4) is 0 Å². The molecular formula is C7H15IN3-. The number of halogens is 1. The summed E-state index contributed by atoms with van der Waals surface area (Å²) in [5, 5.41) is 0. The van der Waals surface area contributed by atoms with E-state index >= 15 is 0 Å². The Hall–Kier alpha value is 0.610. The van der Waals surface area contributed by atoms with Crippen LogP contribution in [0.2, 0.25) is 0 Å². The molecular weight excluding hydrogens is 253 g/mol. The molecule has 2 rings (SSSR count). The quantitative estimate of drug-likeness (QED) is 0.306. The predicted molar refractivity (Wildman–Crippen MR) is 40.7 cm³/mol. The van der Waals surface area contributed by atoms with E-state index in [0.29, 0.717) is 19.8 Å². The second kappa shape index (κ2) is 2.55. The van der Waals surface area contributed by atoms with E-state index in [0.717, 1.165) is 0 Å². The van der Waals surface area contributed by atoms with Crippen molar-refractivity contribution < 1.29 is 21.2 Å². The van der Waals surface area contributed by atoms with E-state index in [-0.39, 0.29) is 33.3 Å². The number of hydrogen-bond acceptors (Lipinski definition) is 3. The molecule has 2 heterocycles. The summed E-state index contributed by atoms with van der Waals surface area (Å²) in [4.78, 5) is 0. The minimum atomic E-state index is 0.192. The molecule has 2 bridgehead atoms. The van der Waals surface area contributed by atoms with Crippen molar-refractivity contribution in [1.82, 2.24) is 0 Å². The fourth-order valence-electron chi connectivity index (χ4n) is 2.07. The van der Waals surface area contributed by atoms with Crippen LogP contribution in [0.4, 0.5) is 0 Å². The molecule has 2 aliphatic rings. The van der Waals surface area contributed by atoms with Crippen molar-refractivity contribution in [3.63, 3.8) is 0 Å². The SMILES string of the molecule is CC1C(N)C2[I-]C1C(N)C2N. The number of alkyl halides is 2. The first-order valence-electron chi connectivity index (χ1n) is 4.01. The van der Waals surface area contributed by atoms with E-state index in [1.165, 1.54) is 0 Å². The molecule has 11 heavy (non-hydrogen) atoms. The van der Waals surface area contributed by atoms with Gasteiger partial charge in [-0.1, -0.05) is 0 Å². The third kappa shape index (κ3) is 0.961. The van der Waals surface area contributed by atoms with Gasteiger partial charge >= 0.3 is 77.2 Å². The van der Waals surface area contributed by atoms with E-state index in [9.17, 15) is 0 Å². The molecule has 0 amide bonds. The Morgan fingerprint density at radius 1 is 0.909 bits per heavy atom. The van der Waals surface area contributed by atoms with E-state index in [4.69, 9.17) is 17.2 Å². The molecule has 6 unspecified atom stereocenters. The van der Waals surface area contributed by atoms with Gasteiger partial charge in [-0.05, 0) is 0 Å². The van der Waals surface area contributed by atoms with Gasteiger partial charge in [-0.25, -0.2) is 0 Å². The van der Waals surface area contributed by atoms with Crippen molar-refractivity contribution in [2.45, 2.75) is 32.9 Å². The molecule has 0 aromatic carbocycles. The van der Waals surface area contributed by atoms with Crippen molar-refractivity contribution in [2.24, 2.45) is 23.1 Å². The van der Waals surface area contributed by atoms with Gasteiger partial charge in [0.2, 0.25) is 0 Å². The van der Waals surface area contributed by atoms with E-state index < -0.39 is 0 Å². The Bertz CT molecular complexity index is 141. The first-order chi connectivity index (χ1) is 5.13. The maximum absolute atomic E-state index is 6.01. The molecule has 0 aromatic heterocycles. The maximum atomic E-state index is 6.01. The van der Waals surface area contributed by atoms with Gasteiger partial charge in [-0.2, -0.15) is 0 Å². The summed E-state index contributed by atoms with van der Waals surface area (Å²) < 4.78 is 1.30. The van der Waals surface area contributed by atoms with Crippen LogP contribution in [0.25, 0.3) is 0 Å². The summed E-state index contributed by atoms with van der Waals surface area (Å²) in [5.74, 6) is 0.627. The average Bonchev–Trinajstić information content (AvgIpc) is 2.40. The van der Waals surface area contributed by atoms with Crippen LogP contribution in [0, 0.1) is 5.92 Å². The topological polar surface area (TPSA) is 78.1 Å². The monoisotopic (exact) mass is 268 g/mol. The first-order valence-corrected chi connectivity index (χ1v) is 6.51. The van der Waals surface area contributed by atoms with Gasteiger partial charge in [-0.15, -0.1) is 0 Å². The second-order valence-corrected chi connectivity index (χ2v) is 7.20. The summed E-state index contributed by atoms with van der Waals surface area (Å²) in [7, 11) is 0. The van der Waals surface area contributed by atoms with Crippen LogP contribution in [0.1, 0.15) is 6.92 Å². The second-order valence-electron chi connectivity index (χ2n) is 3.61. The molecule has 2 saturated heterocycles. The molecule has 66 valence electrons. The average molecular weight is 268 g/mol. The summed E-state index contributed by atoms with van der Waals surface area (Å²) in [6.45, 7) is 2.22. The fourth-order valence-corrected chi connectivity index (χ4v) is 7.21. The molecule has 0 spiro atoms. The normalized spacial score (nSPS) is 62.9. The van der Waals surface area contributed by atoms with Crippen molar-refractivity contribution in [1.29, 1.82) is 0 Å². The minimum absolute atomic E-state index is 0.192. The number of rotatable bonds is 0. The van der Waals surface area contributed by atoms with Gasteiger partial charge in [0.05, 0.1) is 0 Å². The van der Waals surface area contributed by atoms with Gasteiger partial charge in [-0.3, -0.25) is 0 Å². The van der Waals surface area contributed by atoms with Crippen molar-refractivity contribution >= 4 is 0 Å². The van der Waals surface area contributed by atoms with Crippen LogP contribution < -0.4 is 38.4 Å². The Kier molecular flexibility index (Phi) is 1.90. The fraction of sp³-hybridized carbons (Fsp3) is 1.00. The molecule has 6 atom stereocenters. The Morgan fingerprint density at radius 3 is 1.91 bits per heavy atom. The summed E-state index contributed by atoms with van der Waals surface area (Å²) >= 11 is 0.192. The van der Waals surface area contributed by atoms with Crippen molar-refractivity contribution in [3.05, 3.63) is 0 Å². The number of hydrogen-bond donors (Lipinski definition) is 3. The summed E-state index contributed by atoms with van der Waals surface area (Å²) in [6, 6.07) is 0.809. The van der Waals surface area contributed by atoms with Crippen molar-refractivity contribution in [3.8, 4) is 0 Å². The van der Waals surface area contributed by atoms with Crippen LogP contribution >= 0.6 is 0 Å². The van der Waals surface area contributed by atoms with Gasteiger partial charge in [0.25, 0.3) is 0 Å². The van der Waals surface area contributed by atoms with Gasteiger partial charge < -0.3 is 0 Å². The number of nitrogens with two attached hydrogens (primary N) is 3. The molecule has 6 N–H and O–H groups in total. The van der Waals surface area contributed by atoms with Gasteiger partial charge in [0.1, 0.15) is 0 Å². The first kappa shape index (κ1) is 8.22. The third-order valence-electron chi connectivity index (χ3n) is 2.95. The van der Waals surface area contributed by atoms with Crippen molar-refractivity contribution in [2.75, 3.05) is 0 Å². The summed E-state index contributed by atoms with van der Waals surface area (Å²) in [5.41, 5.74) is 17.9. The zero-order chi connectivity index (χ0) is 8.17. The molecule has 0 radical (unpaired) electrons. The zero-order valence-corrected chi connectivity index (χ0v) is 8.73. The molecule has 0 aromatic rings.